The van der Waals surface area contributed by atoms with E-state index in [0.717, 1.165) is 19.5 Å². The van der Waals surface area contributed by atoms with E-state index in [4.69, 9.17) is 0 Å². The van der Waals surface area contributed by atoms with Crippen LogP contribution in [-0.2, 0) is 0 Å². The molecular formula is C12H17N3O2. The van der Waals surface area contributed by atoms with Crippen molar-refractivity contribution in [3.05, 3.63) is 24.0 Å². The van der Waals surface area contributed by atoms with Crippen LogP contribution in [0.5, 0.6) is 5.75 Å². The third-order valence-electron chi connectivity index (χ3n) is 3.11. The third kappa shape index (κ3) is 2.39. The average molecular weight is 235 g/mol. The summed E-state index contributed by atoms with van der Waals surface area (Å²) in [5.41, 5.74) is 0.328. The van der Waals surface area contributed by atoms with Crippen LogP contribution in [0.4, 0.5) is 0 Å². The van der Waals surface area contributed by atoms with Crippen LogP contribution >= 0.6 is 0 Å². The van der Waals surface area contributed by atoms with Gasteiger partial charge in [0.15, 0.2) is 0 Å². The van der Waals surface area contributed by atoms with E-state index in [1.54, 1.807) is 11.0 Å². The summed E-state index contributed by atoms with van der Waals surface area (Å²) in [6.45, 7) is 4.36. The molecule has 5 heteroatoms. The maximum atomic E-state index is 12.3. The second kappa shape index (κ2) is 5.14. The molecule has 0 saturated carbocycles. The number of carbonyl (C=O) groups is 1. The van der Waals surface area contributed by atoms with Crippen molar-refractivity contribution in [2.75, 3.05) is 19.6 Å². The highest BCUT2D eigenvalue weighted by atomic mass is 16.3. The predicted octanol–water partition coefficient (Wildman–Crippen LogP) is 0.611. The van der Waals surface area contributed by atoms with Gasteiger partial charge in [-0.3, -0.25) is 9.78 Å². The summed E-state index contributed by atoms with van der Waals surface area (Å²) in [5, 5.41) is 12.9. The van der Waals surface area contributed by atoms with Gasteiger partial charge in [-0.2, -0.15) is 0 Å². The minimum absolute atomic E-state index is 0.0538. The van der Waals surface area contributed by atoms with E-state index in [-0.39, 0.29) is 17.7 Å². The fraction of sp³-hybridized carbons (Fsp3) is 0.500. The smallest absolute Gasteiger partial charge is 0.258 e. The van der Waals surface area contributed by atoms with Crippen molar-refractivity contribution in [3.63, 3.8) is 0 Å². The Kier molecular flexibility index (Phi) is 3.58. The first kappa shape index (κ1) is 11.9. The average Bonchev–Trinajstić information content (AvgIpc) is 2.84. The van der Waals surface area contributed by atoms with Gasteiger partial charge in [0.05, 0.1) is 11.8 Å². The number of hydrogen-bond donors (Lipinski definition) is 2. The van der Waals surface area contributed by atoms with Crippen LogP contribution < -0.4 is 5.32 Å². The van der Waals surface area contributed by atoms with Crippen LogP contribution in [-0.4, -0.2) is 46.6 Å². The minimum Gasteiger partial charge on any atom is -0.505 e. The van der Waals surface area contributed by atoms with Gasteiger partial charge in [-0.25, -0.2) is 0 Å². The maximum absolute atomic E-state index is 12.3. The van der Waals surface area contributed by atoms with Gasteiger partial charge in [-0.1, -0.05) is 0 Å². The number of carbonyl (C=O) groups excluding carboxylic acids is 1. The van der Waals surface area contributed by atoms with E-state index in [9.17, 15) is 9.90 Å². The molecule has 92 valence electrons. The molecule has 1 aliphatic rings. The summed E-state index contributed by atoms with van der Waals surface area (Å²) >= 11 is 0. The highest BCUT2D eigenvalue weighted by Crippen LogP contribution is 2.19. The van der Waals surface area contributed by atoms with Crippen LogP contribution in [0.3, 0.4) is 0 Å². The van der Waals surface area contributed by atoms with Crippen LogP contribution in [0.2, 0.25) is 0 Å². The monoisotopic (exact) mass is 235 g/mol. The lowest BCUT2D eigenvalue weighted by molar-refractivity contribution is 0.0700. The Morgan fingerprint density at radius 1 is 1.71 bits per heavy atom. The SMILES string of the molecule is CCN(C(=O)c1ccncc1O)C1CCNC1. The molecular weight excluding hydrogens is 218 g/mol. The zero-order valence-electron chi connectivity index (χ0n) is 9.89. The van der Waals surface area contributed by atoms with Crippen LogP contribution in [0, 0.1) is 0 Å². The summed E-state index contributed by atoms with van der Waals surface area (Å²) in [4.78, 5) is 17.9. The normalized spacial score (nSPS) is 19.2. The molecule has 0 aliphatic carbocycles. The molecule has 1 aliphatic heterocycles. The molecule has 0 bridgehead atoms. The van der Waals surface area contributed by atoms with E-state index >= 15 is 0 Å². The lowest BCUT2D eigenvalue weighted by atomic mass is 10.1. The Balaban J connectivity index is 2.20. The molecule has 1 saturated heterocycles. The van der Waals surface area contributed by atoms with Crippen molar-refractivity contribution in [2.45, 2.75) is 19.4 Å². The van der Waals surface area contributed by atoms with Gasteiger partial charge in [0.2, 0.25) is 0 Å². The largest absolute Gasteiger partial charge is 0.505 e. The molecule has 1 fully saturated rings. The van der Waals surface area contributed by atoms with Crippen molar-refractivity contribution in [2.24, 2.45) is 0 Å². The van der Waals surface area contributed by atoms with Crippen molar-refractivity contribution in [1.82, 2.24) is 15.2 Å². The molecule has 0 radical (unpaired) electrons. The zero-order valence-corrected chi connectivity index (χ0v) is 9.89. The number of rotatable bonds is 3. The Labute approximate surface area is 100 Å². The van der Waals surface area contributed by atoms with E-state index in [1.165, 1.54) is 12.4 Å². The molecule has 5 nitrogen and oxygen atoms in total. The second-order valence-corrected chi connectivity index (χ2v) is 4.13. The minimum atomic E-state index is -0.124. The van der Waals surface area contributed by atoms with E-state index in [2.05, 4.69) is 10.3 Å². The molecule has 0 aromatic carbocycles. The van der Waals surface area contributed by atoms with E-state index in [0.29, 0.717) is 12.1 Å². The van der Waals surface area contributed by atoms with Crippen molar-refractivity contribution in [3.8, 4) is 5.75 Å². The summed E-state index contributed by atoms with van der Waals surface area (Å²) in [7, 11) is 0. The topological polar surface area (TPSA) is 65.5 Å². The summed E-state index contributed by atoms with van der Waals surface area (Å²) in [5.74, 6) is -0.178. The summed E-state index contributed by atoms with van der Waals surface area (Å²) < 4.78 is 0. The molecule has 17 heavy (non-hydrogen) atoms. The second-order valence-electron chi connectivity index (χ2n) is 4.13. The van der Waals surface area contributed by atoms with Crippen LogP contribution in [0.15, 0.2) is 18.5 Å². The van der Waals surface area contributed by atoms with Gasteiger partial charge < -0.3 is 15.3 Å². The number of nitrogens with one attached hydrogen (secondary N) is 1. The summed E-state index contributed by atoms with van der Waals surface area (Å²) in [6.07, 6.45) is 3.78. The van der Waals surface area contributed by atoms with Crippen molar-refractivity contribution < 1.29 is 9.90 Å². The Bertz CT molecular complexity index is 402. The molecule has 2 rings (SSSR count). The fourth-order valence-corrected chi connectivity index (χ4v) is 2.19. The fourth-order valence-electron chi connectivity index (χ4n) is 2.19. The van der Waals surface area contributed by atoms with Gasteiger partial charge in [0.25, 0.3) is 5.91 Å². The van der Waals surface area contributed by atoms with Gasteiger partial charge in [0.1, 0.15) is 5.75 Å². The Morgan fingerprint density at radius 2 is 2.53 bits per heavy atom. The molecule has 0 spiro atoms. The van der Waals surface area contributed by atoms with Gasteiger partial charge in [-0.05, 0) is 26.0 Å². The van der Waals surface area contributed by atoms with E-state index in [1.807, 2.05) is 6.92 Å². The first-order chi connectivity index (χ1) is 8.24. The number of likely N-dealkylation sites (N-methyl/N-ethyl adjacent to an activating group) is 1. The Hall–Kier alpha value is -1.62. The highest BCUT2D eigenvalue weighted by molar-refractivity contribution is 5.96. The van der Waals surface area contributed by atoms with Crippen LogP contribution in [0.1, 0.15) is 23.7 Å². The van der Waals surface area contributed by atoms with Gasteiger partial charge >= 0.3 is 0 Å². The molecule has 1 atom stereocenters. The quantitative estimate of drug-likeness (QED) is 0.805. The van der Waals surface area contributed by atoms with E-state index < -0.39 is 0 Å². The third-order valence-corrected chi connectivity index (χ3v) is 3.11. The number of nitrogens with zero attached hydrogens (tertiary/aromatic N) is 2. The molecule has 1 unspecified atom stereocenters. The molecule has 1 aromatic rings. The number of hydrogen-bond acceptors (Lipinski definition) is 4. The van der Waals surface area contributed by atoms with Crippen LogP contribution in [0.25, 0.3) is 0 Å². The van der Waals surface area contributed by atoms with Crippen molar-refractivity contribution >= 4 is 5.91 Å². The number of aromatic nitrogens is 1. The molecule has 2 heterocycles. The maximum Gasteiger partial charge on any atom is 0.258 e. The lowest BCUT2D eigenvalue weighted by Gasteiger charge is -2.27. The standard InChI is InChI=1S/C12H17N3O2/c1-2-15(9-3-5-13-7-9)12(17)10-4-6-14-8-11(10)16/h4,6,8-9,13,16H,2-3,5,7H2,1H3. The predicted molar refractivity (Wildman–Crippen MR) is 63.9 cm³/mol. The first-order valence-corrected chi connectivity index (χ1v) is 5.88. The molecule has 1 amide bonds. The van der Waals surface area contributed by atoms with Crippen molar-refractivity contribution in [1.29, 1.82) is 0 Å². The summed E-state index contributed by atoms with van der Waals surface area (Å²) in [6, 6.07) is 1.78. The number of aromatic hydroxyl groups is 1. The lowest BCUT2D eigenvalue weighted by Crippen LogP contribution is -2.41. The highest BCUT2D eigenvalue weighted by Gasteiger charge is 2.27. The van der Waals surface area contributed by atoms with Gasteiger partial charge in [-0.15, -0.1) is 0 Å². The number of amides is 1. The zero-order chi connectivity index (χ0) is 12.3. The first-order valence-electron chi connectivity index (χ1n) is 5.88. The number of pyridine rings is 1. The molecule has 2 N–H and O–H groups in total. The van der Waals surface area contributed by atoms with Gasteiger partial charge in [0, 0.05) is 25.3 Å². The Morgan fingerprint density at radius 3 is 3.12 bits per heavy atom. The molecule has 1 aromatic heterocycles.